The van der Waals surface area contributed by atoms with Gasteiger partial charge in [-0.05, 0) is 68.8 Å². The Hall–Kier alpha value is -1.13. The second-order valence-corrected chi connectivity index (χ2v) is 8.81. The minimum Gasteiger partial charge on any atom is -0.360 e. The molecule has 3 nitrogen and oxygen atoms in total. The van der Waals surface area contributed by atoms with E-state index >= 15 is 0 Å². The molecule has 4 heteroatoms. The lowest BCUT2D eigenvalue weighted by Gasteiger charge is -2.52. The quantitative estimate of drug-likeness (QED) is 0.739. The van der Waals surface area contributed by atoms with Gasteiger partial charge in [-0.1, -0.05) is 44.4 Å². The lowest BCUT2D eigenvalue weighted by atomic mass is 9.80. The summed E-state index contributed by atoms with van der Waals surface area (Å²) in [6.45, 7) is 2.19. The van der Waals surface area contributed by atoms with Crippen LogP contribution < -0.4 is 10.6 Å². The number of para-hydroxylation sites is 1. The molecule has 2 bridgehead atoms. The van der Waals surface area contributed by atoms with Gasteiger partial charge in [0.1, 0.15) is 0 Å². The molecule has 0 aromatic heterocycles. The van der Waals surface area contributed by atoms with Crippen LogP contribution in [0, 0.1) is 0 Å². The van der Waals surface area contributed by atoms with Gasteiger partial charge in [0, 0.05) is 29.9 Å². The summed E-state index contributed by atoms with van der Waals surface area (Å²) in [4.78, 5) is 2.93. The van der Waals surface area contributed by atoms with Crippen LogP contribution in [-0.2, 0) is 6.42 Å². The first-order chi connectivity index (χ1) is 12.7. The van der Waals surface area contributed by atoms with Crippen molar-refractivity contribution < 1.29 is 0 Å². The normalized spacial score (nSPS) is 29.5. The van der Waals surface area contributed by atoms with Crippen LogP contribution >= 0.6 is 12.2 Å². The average Bonchev–Trinajstić information content (AvgIpc) is 3.15. The fourth-order valence-corrected chi connectivity index (χ4v) is 5.91. The smallest absolute Gasteiger partial charge is 0.171 e. The number of aryl methyl sites for hydroxylation is 1. The molecule has 4 rings (SSSR count). The first kappa shape index (κ1) is 18.2. The Morgan fingerprint density at radius 1 is 1.00 bits per heavy atom. The third kappa shape index (κ3) is 3.91. The zero-order chi connectivity index (χ0) is 17.9. The maximum absolute atomic E-state index is 5.66. The van der Waals surface area contributed by atoms with Crippen LogP contribution in [0.25, 0.3) is 0 Å². The van der Waals surface area contributed by atoms with Crippen LogP contribution in [0.15, 0.2) is 24.3 Å². The summed E-state index contributed by atoms with van der Waals surface area (Å²) < 4.78 is 0. The molecule has 0 amide bonds. The lowest BCUT2D eigenvalue weighted by Crippen LogP contribution is -2.59. The Bertz CT molecular complexity index is 612. The Morgan fingerprint density at radius 3 is 2.35 bits per heavy atom. The molecule has 0 radical (unpaired) electrons. The number of thiocarbonyl (C=S) groups is 1. The first-order valence-electron chi connectivity index (χ1n) is 10.7. The minimum atomic E-state index is 0.525. The maximum atomic E-state index is 5.66. The third-order valence-electron chi connectivity index (χ3n) is 6.76. The summed E-state index contributed by atoms with van der Waals surface area (Å²) in [6.07, 6.45) is 13.4. The fraction of sp³-hybridized carbons (Fsp3) is 0.682. The standard InChI is InChI=1S/C22H33N3S/c1-2-16-8-3-6-13-21(16)24-22(26)23-17-14-19-11-7-12-20(15-17)25(19)18-9-4-5-10-18/h3,6,8,13,17-20H,2,4-5,7,9-12,14-15H2,1H3,(H2,23,24,26)/t19-,20-/m1/s1. The van der Waals surface area contributed by atoms with Gasteiger partial charge in [0.05, 0.1) is 0 Å². The number of benzene rings is 1. The highest BCUT2D eigenvalue weighted by molar-refractivity contribution is 7.80. The number of hydrogen-bond donors (Lipinski definition) is 2. The molecule has 0 spiro atoms. The van der Waals surface area contributed by atoms with Gasteiger partial charge in [0.15, 0.2) is 5.11 Å². The summed E-state index contributed by atoms with van der Waals surface area (Å²) in [5, 5.41) is 7.89. The minimum absolute atomic E-state index is 0.525. The Balaban J connectivity index is 1.36. The second-order valence-electron chi connectivity index (χ2n) is 8.40. The van der Waals surface area contributed by atoms with Gasteiger partial charge < -0.3 is 10.6 Å². The van der Waals surface area contributed by atoms with Crippen LogP contribution in [0.1, 0.15) is 70.3 Å². The number of anilines is 1. The van der Waals surface area contributed by atoms with E-state index in [9.17, 15) is 0 Å². The van der Waals surface area contributed by atoms with Crippen LogP contribution in [0.4, 0.5) is 5.69 Å². The molecular formula is C22H33N3S. The zero-order valence-corrected chi connectivity index (χ0v) is 16.9. The van der Waals surface area contributed by atoms with Gasteiger partial charge in [0.2, 0.25) is 0 Å². The van der Waals surface area contributed by atoms with E-state index in [2.05, 4.69) is 46.7 Å². The number of fused-ring (bicyclic) bond motifs is 2. The highest BCUT2D eigenvalue weighted by Crippen LogP contribution is 2.39. The number of nitrogens with zero attached hydrogens (tertiary/aromatic N) is 1. The summed E-state index contributed by atoms with van der Waals surface area (Å²) in [5.41, 5.74) is 2.47. The molecular weight excluding hydrogens is 338 g/mol. The van der Waals surface area contributed by atoms with Crippen molar-refractivity contribution in [1.82, 2.24) is 10.2 Å². The van der Waals surface area contributed by atoms with Crippen molar-refractivity contribution in [3.8, 4) is 0 Å². The van der Waals surface area contributed by atoms with Gasteiger partial charge >= 0.3 is 0 Å². The summed E-state index contributed by atoms with van der Waals surface area (Å²) in [6, 6.07) is 11.4. The van der Waals surface area contributed by atoms with Crippen molar-refractivity contribution in [2.75, 3.05) is 5.32 Å². The lowest BCUT2D eigenvalue weighted by molar-refractivity contribution is -0.00596. The van der Waals surface area contributed by atoms with Gasteiger partial charge in [-0.3, -0.25) is 4.90 Å². The summed E-state index contributed by atoms with van der Waals surface area (Å²) in [5.74, 6) is 0. The van der Waals surface area contributed by atoms with Crippen molar-refractivity contribution in [2.24, 2.45) is 0 Å². The Kier molecular flexibility index (Phi) is 5.80. The maximum Gasteiger partial charge on any atom is 0.171 e. The summed E-state index contributed by atoms with van der Waals surface area (Å²) >= 11 is 5.66. The molecule has 1 aromatic rings. The van der Waals surface area contributed by atoms with Crippen molar-refractivity contribution in [1.29, 1.82) is 0 Å². The van der Waals surface area contributed by atoms with Gasteiger partial charge in [-0.25, -0.2) is 0 Å². The molecule has 3 aliphatic rings. The van der Waals surface area contributed by atoms with Crippen molar-refractivity contribution in [3.05, 3.63) is 29.8 Å². The third-order valence-corrected chi connectivity index (χ3v) is 6.98. The summed E-state index contributed by atoms with van der Waals surface area (Å²) in [7, 11) is 0. The molecule has 2 atom stereocenters. The molecule has 2 N–H and O–H groups in total. The van der Waals surface area contributed by atoms with E-state index in [1.54, 1.807) is 0 Å². The molecule has 1 aromatic carbocycles. The van der Waals surface area contributed by atoms with E-state index in [-0.39, 0.29) is 0 Å². The van der Waals surface area contributed by atoms with Crippen LogP contribution in [0.2, 0.25) is 0 Å². The molecule has 2 heterocycles. The van der Waals surface area contributed by atoms with E-state index in [0.29, 0.717) is 6.04 Å². The fourth-order valence-electron chi connectivity index (χ4n) is 5.63. The average molecular weight is 372 g/mol. The Morgan fingerprint density at radius 2 is 1.65 bits per heavy atom. The van der Waals surface area contributed by atoms with Crippen LogP contribution in [0.3, 0.4) is 0 Å². The molecule has 142 valence electrons. The molecule has 2 saturated heterocycles. The van der Waals surface area contributed by atoms with Gasteiger partial charge in [-0.15, -0.1) is 0 Å². The molecule has 26 heavy (non-hydrogen) atoms. The topological polar surface area (TPSA) is 27.3 Å². The van der Waals surface area contributed by atoms with Gasteiger partial charge in [0.25, 0.3) is 0 Å². The molecule has 2 aliphatic heterocycles. The predicted octanol–water partition coefficient (Wildman–Crippen LogP) is 4.86. The molecule has 3 fully saturated rings. The molecule has 1 aliphatic carbocycles. The van der Waals surface area contributed by atoms with Crippen LogP contribution in [-0.4, -0.2) is 34.2 Å². The van der Waals surface area contributed by atoms with E-state index in [0.717, 1.165) is 35.3 Å². The van der Waals surface area contributed by atoms with E-state index in [1.807, 2.05) is 0 Å². The predicted molar refractivity (Wildman–Crippen MR) is 114 cm³/mol. The zero-order valence-electron chi connectivity index (χ0n) is 16.0. The van der Waals surface area contributed by atoms with Crippen LogP contribution in [0.5, 0.6) is 0 Å². The largest absolute Gasteiger partial charge is 0.360 e. The number of nitrogens with one attached hydrogen (secondary N) is 2. The SMILES string of the molecule is CCc1ccccc1NC(=S)NC1C[C@H]2CCC[C@H](C1)N2C1CCCC1. The highest BCUT2D eigenvalue weighted by atomic mass is 32.1. The van der Waals surface area contributed by atoms with Crippen molar-refractivity contribution >= 4 is 23.0 Å². The molecule has 1 saturated carbocycles. The number of piperidine rings is 2. The van der Waals surface area contributed by atoms with E-state index in [4.69, 9.17) is 12.2 Å². The Labute approximate surface area is 163 Å². The highest BCUT2D eigenvalue weighted by Gasteiger charge is 2.42. The van der Waals surface area contributed by atoms with E-state index in [1.165, 1.54) is 63.4 Å². The monoisotopic (exact) mass is 371 g/mol. The van der Waals surface area contributed by atoms with Crippen molar-refractivity contribution in [2.45, 2.75) is 95.3 Å². The van der Waals surface area contributed by atoms with Gasteiger partial charge in [-0.2, -0.15) is 0 Å². The molecule has 0 unspecified atom stereocenters. The number of hydrogen-bond acceptors (Lipinski definition) is 2. The van der Waals surface area contributed by atoms with E-state index < -0.39 is 0 Å². The second kappa shape index (κ2) is 8.26. The van der Waals surface area contributed by atoms with Crippen molar-refractivity contribution in [3.63, 3.8) is 0 Å². The first-order valence-corrected chi connectivity index (χ1v) is 11.1. The number of rotatable bonds is 4.